The highest BCUT2D eigenvalue weighted by Gasteiger charge is 2.45. The highest BCUT2D eigenvalue weighted by atomic mass is 16.5. The summed E-state index contributed by atoms with van der Waals surface area (Å²) >= 11 is 0. The molecule has 0 spiro atoms. The third-order valence-electron chi connectivity index (χ3n) is 3.25. The first-order chi connectivity index (χ1) is 6.83. The van der Waals surface area contributed by atoms with Crippen molar-refractivity contribution in [1.29, 1.82) is 0 Å². The molecule has 80 valence electrons. The van der Waals surface area contributed by atoms with Crippen molar-refractivity contribution in [2.45, 2.75) is 51.1 Å². The lowest BCUT2D eigenvalue weighted by molar-refractivity contribution is -0.143. The van der Waals surface area contributed by atoms with E-state index in [9.17, 15) is 4.79 Å². The molecule has 2 aliphatic rings. The van der Waals surface area contributed by atoms with Gasteiger partial charge in [-0.2, -0.15) is 0 Å². The molecule has 2 unspecified atom stereocenters. The summed E-state index contributed by atoms with van der Waals surface area (Å²) in [7, 11) is 0. The van der Waals surface area contributed by atoms with Crippen molar-refractivity contribution in [3.63, 3.8) is 0 Å². The van der Waals surface area contributed by atoms with Crippen LogP contribution in [0.15, 0.2) is 0 Å². The summed E-state index contributed by atoms with van der Waals surface area (Å²) in [6, 6.07) is 0.760. The van der Waals surface area contributed by atoms with Gasteiger partial charge in [0, 0.05) is 12.6 Å². The van der Waals surface area contributed by atoms with Gasteiger partial charge < -0.3 is 4.74 Å². The van der Waals surface area contributed by atoms with Crippen molar-refractivity contribution >= 4 is 5.97 Å². The Bertz CT molecular complexity index is 211. The Balaban J connectivity index is 1.77. The Hall–Kier alpha value is -0.570. The summed E-state index contributed by atoms with van der Waals surface area (Å²) in [5.74, 6) is -0.0157. The van der Waals surface area contributed by atoms with Gasteiger partial charge >= 0.3 is 5.97 Å². The van der Waals surface area contributed by atoms with E-state index in [0.717, 1.165) is 6.54 Å². The summed E-state index contributed by atoms with van der Waals surface area (Å²) in [6.07, 6.45) is 6.58. The second kappa shape index (κ2) is 4.30. The molecule has 1 aliphatic heterocycles. The molecule has 0 aromatic carbocycles. The highest BCUT2D eigenvalue weighted by molar-refractivity contribution is 5.79. The zero-order valence-electron chi connectivity index (χ0n) is 8.87. The topological polar surface area (TPSA) is 29.3 Å². The zero-order valence-corrected chi connectivity index (χ0v) is 8.87. The maximum Gasteiger partial charge on any atom is 0.324 e. The molecule has 3 heteroatoms. The van der Waals surface area contributed by atoms with Crippen LogP contribution in [0, 0.1) is 0 Å². The second-order valence-corrected chi connectivity index (χ2v) is 4.26. The van der Waals surface area contributed by atoms with Crippen LogP contribution < -0.4 is 0 Å². The highest BCUT2D eigenvalue weighted by Crippen LogP contribution is 2.31. The summed E-state index contributed by atoms with van der Waals surface area (Å²) < 4.78 is 5.01. The van der Waals surface area contributed by atoms with Crippen LogP contribution in [0.5, 0.6) is 0 Å². The zero-order chi connectivity index (χ0) is 9.97. The first kappa shape index (κ1) is 9.97. The Labute approximate surface area is 85.4 Å². The van der Waals surface area contributed by atoms with Gasteiger partial charge in [0.2, 0.25) is 0 Å². The number of esters is 1. The van der Waals surface area contributed by atoms with Gasteiger partial charge in [0.1, 0.15) is 6.04 Å². The molecule has 1 saturated carbocycles. The minimum atomic E-state index is -0.0157. The minimum absolute atomic E-state index is 0.0157. The molecule has 1 saturated heterocycles. The molecule has 0 radical (unpaired) electrons. The monoisotopic (exact) mass is 197 g/mol. The van der Waals surface area contributed by atoms with Gasteiger partial charge in [-0.25, -0.2) is 0 Å². The summed E-state index contributed by atoms with van der Waals surface area (Å²) in [4.78, 5) is 13.7. The molecular weight excluding hydrogens is 178 g/mol. The molecule has 14 heavy (non-hydrogen) atoms. The van der Waals surface area contributed by atoms with Crippen LogP contribution in [0.2, 0.25) is 0 Å². The van der Waals surface area contributed by atoms with Crippen molar-refractivity contribution in [3.8, 4) is 0 Å². The van der Waals surface area contributed by atoms with Crippen LogP contribution in [-0.4, -0.2) is 36.1 Å². The lowest BCUT2D eigenvalue weighted by atomic mass is 9.95. The van der Waals surface area contributed by atoms with Crippen LogP contribution in [0.25, 0.3) is 0 Å². The van der Waals surface area contributed by atoms with Gasteiger partial charge in [0.25, 0.3) is 0 Å². The predicted octanol–water partition coefficient (Wildman–Crippen LogP) is 1.57. The van der Waals surface area contributed by atoms with E-state index in [0.29, 0.717) is 12.6 Å². The summed E-state index contributed by atoms with van der Waals surface area (Å²) in [5, 5.41) is 0. The van der Waals surface area contributed by atoms with E-state index in [1.165, 1.54) is 32.1 Å². The third-order valence-corrected chi connectivity index (χ3v) is 3.25. The van der Waals surface area contributed by atoms with Crippen LogP contribution in [0.1, 0.15) is 39.0 Å². The number of ether oxygens (including phenoxy) is 1. The standard InChI is InChI=1S/C11H19NO2/c1-2-14-11(13)10-8-12(10)9-6-4-3-5-7-9/h9-10H,2-8H2,1H3. The fraction of sp³-hybridized carbons (Fsp3) is 0.909. The predicted molar refractivity (Wildman–Crippen MR) is 54.0 cm³/mol. The molecular formula is C11H19NO2. The first-order valence-electron chi connectivity index (χ1n) is 5.75. The van der Waals surface area contributed by atoms with Gasteiger partial charge in [-0.15, -0.1) is 0 Å². The van der Waals surface area contributed by atoms with Crippen molar-refractivity contribution < 1.29 is 9.53 Å². The van der Waals surface area contributed by atoms with E-state index in [1.807, 2.05) is 6.92 Å². The van der Waals surface area contributed by atoms with E-state index in [-0.39, 0.29) is 12.0 Å². The largest absolute Gasteiger partial charge is 0.465 e. The Kier molecular flexibility index (Phi) is 3.06. The van der Waals surface area contributed by atoms with E-state index in [1.54, 1.807) is 0 Å². The third kappa shape index (κ3) is 2.08. The van der Waals surface area contributed by atoms with Gasteiger partial charge in [0.05, 0.1) is 6.61 Å². The van der Waals surface area contributed by atoms with Crippen molar-refractivity contribution in [2.75, 3.05) is 13.2 Å². The number of rotatable bonds is 3. The van der Waals surface area contributed by atoms with Crippen molar-refractivity contribution in [3.05, 3.63) is 0 Å². The number of hydrogen-bond acceptors (Lipinski definition) is 3. The Morgan fingerprint density at radius 3 is 2.71 bits per heavy atom. The SMILES string of the molecule is CCOC(=O)C1CN1C1CCCCC1. The molecule has 0 aromatic rings. The Morgan fingerprint density at radius 2 is 2.07 bits per heavy atom. The Morgan fingerprint density at radius 1 is 1.36 bits per heavy atom. The number of hydrogen-bond donors (Lipinski definition) is 0. The quantitative estimate of drug-likeness (QED) is 0.508. The molecule has 1 heterocycles. The maximum atomic E-state index is 11.4. The molecule has 2 atom stereocenters. The fourth-order valence-electron chi connectivity index (χ4n) is 2.42. The van der Waals surface area contributed by atoms with Gasteiger partial charge in [0.15, 0.2) is 0 Å². The van der Waals surface area contributed by atoms with E-state index in [4.69, 9.17) is 4.74 Å². The van der Waals surface area contributed by atoms with Gasteiger partial charge in [-0.3, -0.25) is 9.69 Å². The molecule has 0 N–H and O–H groups in total. The second-order valence-electron chi connectivity index (χ2n) is 4.26. The molecule has 2 rings (SSSR count). The van der Waals surface area contributed by atoms with E-state index < -0.39 is 0 Å². The maximum absolute atomic E-state index is 11.4. The van der Waals surface area contributed by atoms with E-state index in [2.05, 4.69) is 4.90 Å². The summed E-state index contributed by atoms with van der Waals surface area (Å²) in [6.45, 7) is 3.31. The number of carbonyl (C=O) groups is 1. The number of nitrogens with zero attached hydrogens (tertiary/aromatic N) is 1. The first-order valence-corrected chi connectivity index (χ1v) is 5.75. The number of carbonyl (C=O) groups excluding carboxylic acids is 1. The molecule has 2 fully saturated rings. The lowest BCUT2D eigenvalue weighted by Gasteiger charge is -2.23. The fourth-order valence-corrected chi connectivity index (χ4v) is 2.42. The molecule has 0 amide bonds. The van der Waals surface area contributed by atoms with Crippen LogP contribution in [0.3, 0.4) is 0 Å². The molecule has 0 aromatic heterocycles. The van der Waals surface area contributed by atoms with Crippen LogP contribution in [0.4, 0.5) is 0 Å². The molecule has 3 nitrogen and oxygen atoms in total. The van der Waals surface area contributed by atoms with Gasteiger partial charge in [-0.1, -0.05) is 19.3 Å². The van der Waals surface area contributed by atoms with Crippen LogP contribution in [-0.2, 0) is 9.53 Å². The van der Waals surface area contributed by atoms with E-state index >= 15 is 0 Å². The average Bonchev–Trinajstić information content (AvgIpc) is 2.99. The smallest absolute Gasteiger partial charge is 0.324 e. The lowest BCUT2D eigenvalue weighted by Crippen LogP contribution is -2.26. The minimum Gasteiger partial charge on any atom is -0.465 e. The van der Waals surface area contributed by atoms with Crippen molar-refractivity contribution in [2.24, 2.45) is 0 Å². The van der Waals surface area contributed by atoms with Crippen LogP contribution >= 0.6 is 0 Å². The summed E-state index contributed by atoms with van der Waals surface area (Å²) in [5.41, 5.74) is 0. The molecule has 0 bridgehead atoms. The van der Waals surface area contributed by atoms with Gasteiger partial charge in [-0.05, 0) is 19.8 Å². The average molecular weight is 197 g/mol. The molecule has 1 aliphatic carbocycles. The van der Waals surface area contributed by atoms with Crippen molar-refractivity contribution in [1.82, 2.24) is 4.90 Å². The normalized spacial score (nSPS) is 32.6.